The number of nitrogens with two attached hydrogens (primary N) is 2. The molecule has 0 aliphatic heterocycles. The maximum atomic E-state index is 6.12. The fourth-order valence-electron chi connectivity index (χ4n) is 1.78. The summed E-state index contributed by atoms with van der Waals surface area (Å²) in [6.45, 7) is 1.91. The maximum Gasteiger partial charge on any atom is 0.155 e. The van der Waals surface area contributed by atoms with Crippen molar-refractivity contribution < 1.29 is 0 Å². The van der Waals surface area contributed by atoms with E-state index < -0.39 is 0 Å². The maximum absolute atomic E-state index is 6.12. The van der Waals surface area contributed by atoms with Crippen LogP contribution in [0.15, 0.2) is 58.7 Å². The summed E-state index contributed by atoms with van der Waals surface area (Å²) in [6.07, 6.45) is 0. The van der Waals surface area contributed by atoms with Gasteiger partial charge >= 0.3 is 0 Å². The van der Waals surface area contributed by atoms with E-state index in [1.807, 2.05) is 49.4 Å². The third-order valence-electron chi connectivity index (χ3n) is 2.81. The average molecular weight is 287 g/mol. The predicted molar refractivity (Wildman–Crippen MR) is 84.1 cm³/mol. The highest BCUT2D eigenvalue weighted by molar-refractivity contribution is 6.34. The van der Waals surface area contributed by atoms with Gasteiger partial charge in [0.25, 0.3) is 0 Å². The summed E-state index contributed by atoms with van der Waals surface area (Å²) < 4.78 is 0. The Morgan fingerprint density at radius 2 is 1.55 bits per heavy atom. The lowest BCUT2D eigenvalue weighted by Gasteiger charge is -2.06. The summed E-state index contributed by atoms with van der Waals surface area (Å²) in [7, 11) is 0. The smallest absolute Gasteiger partial charge is 0.155 e. The minimum absolute atomic E-state index is 0.243. The quantitative estimate of drug-likeness (QED) is 0.517. The number of benzene rings is 2. The van der Waals surface area contributed by atoms with Gasteiger partial charge < -0.3 is 11.5 Å². The predicted octanol–water partition coefficient (Wildman–Crippen LogP) is 2.67. The topological polar surface area (TPSA) is 76.8 Å². The van der Waals surface area contributed by atoms with Gasteiger partial charge in [-0.05, 0) is 18.6 Å². The van der Waals surface area contributed by atoms with Gasteiger partial charge in [-0.3, -0.25) is 0 Å². The highest BCUT2D eigenvalue weighted by Gasteiger charge is 2.07. The lowest BCUT2D eigenvalue weighted by Crippen LogP contribution is -2.17. The number of amidine groups is 2. The van der Waals surface area contributed by atoms with Crippen molar-refractivity contribution in [2.75, 3.05) is 0 Å². The van der Waals surface area contributed by atoms with E-state index in [2.05, 4.69) is 10.2 Å². The van der Waals surface area contributed by atoms with Crippen LogP contribution in [0.2, 0.25) is 5.02 Å². The average Bonchev–Trinajstić information content (AvgIpc) is 2.45. The van der Waals surface area contributed by atoms with E-state index in [1.54, 1.807) is 6.07 Å². The molecule has 0 saturated carbocycles. The van der Waals surface area contributed by atoms with Crippen molar-refractivity contribution in [3.05, 3.63) is 70.2 Å². The first kappa shape index (κ1) is 14.1. The number of hydrogen-bond donors (Lipinski definition) is 2. The molecule has 20 heavy (non-hydrogen) atoms. The second-order valence-corrected chi connectivity index (χ2v) is 4.68. The summed E-state index contributed by atoms with van der Waals surface area (Å²) >= 11 is 6.12. The third kappa shape index (κ3) is 3.16. The Kier molecular flexibility index (Phi) is 4.38. The molecule has 0 radical (unpaired) electrons. The SMILES string of the molecule is Cc1cccc(Cl)c1/C(N)=N/N=C(\N)c1ccccc1. The van der Waals surface area contributed by atoms with E-state index in [9.17, 15) is 0 Å². The fourth-order valence-corrected chi connectivity index (χ4v) is 2.10. The second-order valence-electron chi connectivity index (χ2n) is 4.27. The minimum atomic E-state index is 0.243. The van der Waals surface area contributed by atoms with Crippen LogP contribution in [0, 0.1) is 6.92 Å². The van der Waals surface area contributed by atoms with Crippen LogP contribution in [-0.2, 0) is 0 Å². The zero-order valence-electron chi connectivity index (χ0n) is 11.0. The van der Waals surface area contributed by atoms with Gasteiger partial charge in [0.2, 0.25) is 0 Å². The van der Waals surface area contributed by atoms with Crippen molar-refractivity contribution in [2.24, 2.45) is 21.7 Å². The minimum Gasteiger partial charge on any atom is -0.382 e. The Morgan fingerprint density at radius 1 is 0.900 bits per heavy atom. The molecule has 4 N–H and O–H groups in total. The normalized spacial score (nSPS) is 12.5. The summed E-state index contributed by atoms with van der Waals surface area (Å²) in [6, 6.07) is 14.9. The molecule has 102 valence electrons. The Balaban J connectivity index is 2.32. The van der Waals surface area contributed by atoms with Crippen LogP contribution in [0.1, 0.15) is 16.7 Å². The van der Waals surface area contributed by atoms with Crippen LogP contribution in [0.25, 0.3) is 0 Å². The van der Waals surface area contributed by atoms with Crippen molar-refractivity contribution in [3.63, 3.8) is 0 Å². The lowest BCUT2D eigenvalue weighted by atomic mass is 10.1. The molecule has 0 spiro atoms. The molecule has 4 nitrogen and oxygen atoms in total. The summed E-state index contributed by atoms with van der Waals surface area (Å²) in [4.78, 5) is 0. The fraction of sp³-hybridized carbons (Fsp3) is 0.0667. The van der Waals surface area contributed by atoms with Crippen molar-refractivity contribution >= 4 is 23.3 Å². The first-order valence-corrected chi connectivity index (χ1v) is 6.45. The first-order valence-electron chi connectivity index (χ1n) is 6.07. The highest BCUT2D eigenvalue weighted by atomic mass is 35.5. The number of nitrogens with zero attached hydrogens (tertiary/aromatic N) is 2. The van der Waals surface area contributed by atoms with Crippen molar-refractivity contribution in [2.45, 2.75) is 6.92 Å². The molecule has 0 aliphatic carbocycles. The Bertz CT molecular complexity index is 643. The van der Waals surface area contributed by atoms with Crippen LogP contribution in [0.3, 0.4) is 0 Å². The molecule has 2 rings (SSSR count). The zero-order chi connectivity index (χ0) is 14.5. The second kappa shape index (κ2) is 6.21. The number of hydrogen-bond acceptors (Lipinski definition) is 2. The number of rotatable bonds is 3. The molecule has 0 aromatic heterocycles. The molecule has 0 fully saturated rings. The number of aryl methyl sites for hydroxylation is 1. The third-order valence-corrected chi connectivity index (χ3v) is 3.13. The molecular weight excluding hydrogens is 272 g/mol. The zero-order valence-corrected chi connectivity index (χ0v) is 11.8. The monoisotopic (exact) mass is 286 g/mol. The van der Waals surface area contributed by atoms with Crippen molar-refractivity contribution in [1.82, 2.24) is 0 Å². The van der Waals surface area contributed by atoms with Crippen LogP contribution >= 0.6 is 11.6 Å². The van der Waals surface area contributed by atoms with Gasteiger partial charge in [0.1, 0.15) is 0 Å². The first-order chi connectivity index (χ1) is 9.59. The van der Waals surface area contributed by atoms with E-state index in [-0.39, 0.29) is 5.84 Å². The lowest BCUT2D eigenvalue weighted by molar-refractivity contribution is 1.20. The van der Waals surface area contributed by atoms with Gasteiger partial charge in [0, 0.05) is 11.1 Å². The van der Waals surface area contributed by atoms with Crippen LogP contribution in [0.5, 0.6) is 0 Å². The Labute approximate surface area is 122 Å². The standard InChI is InChI=1S/C15H15ClN4/c1-10-6-5-9-12(16)13(10)15(18)20-19-14(17)11-7-3-2-4-8-11/h2-9H,1H3,(H2,17,19)(H2,18,20). The van der Waals surface area contributed by atoms with Gasteiger partial charge in [-0.25, -0.2) is 0 Å². The Morgan fingerprint density at radius 3 is 2.20 bits per heavy atom. The molecule has 0 bridgehead atoms. The molecular formula is C15H15ClN4. The van der Waals surface area contributed by atoms with E-state index in [1.165, 1.54) is 0 Å². The molecule has 5 heteroatoms. The van der Waals surface area contributed by atoms with Gasteiger partial charge in [0.05, 0.1) is 5.02 Å². The molecule has 0 amide bonds. The highest BCUT2D eigenvalue weighted by Crippen LogP contribution is 2.19. The van der Waals surface area contributed by atoms with Crippen molar-refractivity contribution in [3.8, 4) is 0 Å². The molecule has 0 unspecified atom stereocenters. The van der Waals surface area contributed by atoms with Gasteiger partial charge in [-0.1, -0.05) is 54.1 Å². The number of halogens is 1. The van der Waals surface area contributed by atoms with Gasteiger partial charge in [-0.15, -0.1) is 10.2 Å². The van der Waals surface area contributed by atoms with E-state index in [4.69, 9.17) is 23.1 Å². The van der Waals surface area contributed by atoms with Gasteiger partial charge in [0.15, 0.2) is 11.7 Å². The molecule has 0 heterocycles. The van der Waals surface area contributed by atoms with Crippen LogP contribution in [0.4, 0.5) is 0 Å². The van der Waals surface area contributed by atoms with E-state index >= 15 is 0 Å². The molecule has 2 aromatic carbocycles. The van der Waals surface area contributed by atoms with Crippen molar-refractivity contribution in [1.29, 1.82) is 0 Å². The van der Waals surface area contributed by atoms with Crippen LogP contribution < -0.4 is 11.5 Å². The summed E-state index contributed by atoms with van der Waals surface area (Å²) in [5.41, 5.74) is 14.2. The van der Waals surface area contributed by atoms with Crippen LogP contribution in [-0.4, -0.2) is 11.7 Å². The van der Waals surface area contributed by atoms with E-state index in [0.29, 0.717) is 16.4 Å². The van der Waals surface area contributed by atoms with Gasteiger partial charge in [-0.2, -0.15) is 0 Å². The molecule has 0 aliphatic rings. The molecule has 2 aromatic rings. The largest absolute Gasteiger partial charge is 0.382 e. The summed E-state index contributed by atoms with van der Waals surface area (Å²) in [5.74, 6) is 0.547. The molecule has 0 saturated heterocycles. The molecule has 0 atom stereocenters. The summed E-state index contributed by atoms with van der Waals surface area (Å²) in [5, 5.41) is 8.46. The van der Waals surface area contributed by atoms with E-state index in [0.717, 1.165) is 11.1 Å². The Hall–Kier alpha value is -2.33.